The lowest BCUT2D eigenvalue weighted by molar-refractivity contribution is 0.0637. The molecule has 142 valence electrons. The molecule has 4 aromatic carbocycles. The van der Waals surface area contributed by atoms with Crippen molar-refractivity contribution in [3.05, 3.63) is 82.8 Å². The summed E-state index contributed by atoms with van der Waals surface area (Å²) >= 11 is 12.5. The average molecular weight is 413 g/mol. The van der Waals surface area contributed by atoms with E-state index < -0.39 is 6.10 Å². The molecule has 0 unspecified atom stereocenters. The van der Waals surface area contributed by atoms with Crippen LogP contribution < -0.4 is 9.47 Å². The molecule has 0 aliphatic heterocycles. The molecule has 0 heterocycles. The number of hydrogen-bond acceptors (Lipinski definition) is 3. The summed E-state index contributed by atoms with van der Waals surface area (Å²) in [7, 11) is 0. The van der Waals surface area contributed by atoms with Gasteiger partial charge in [0.15, 0.2) is 0 Å². The number of rotatable bonds is 6. The smallest absolute Gasteiger partial charge is 0.127 e. The fourth-order valence-electron chi connectivity index (χ4n) is 3.14. The van der Waals surface area contributed by atoms with Crippen molar-refractivity contribution in [2.24, 2.45) is 0 Å². The molecule has 0 amide bonds. The van der Waals surface area contributed by atoms with E-state index in [1.165, 1.54) is 0 Å². The van der Waals surface area contributed by atoms with Crippen molar-refractivity contribution in [1.82, 2.24) is 0 Å². The molecule has 0 bridgehead atoms. The van der Waals surface area contributed by atoms with Gasteiger partial charge in [0.1, 0.15) is 30.8 Å². The first-order valence-corrected chi connectivity index (χ1v) is 9.67. The minimum atomic E-state index is -0.788. The van der Waals surface area contributed by atoms with Gasteiger partial charge in [0.2, 0.25) is 0 Å². The maximum atomic E-state index is 10.3. The molecule has 0 radical (unpaired) electrons. The Hall–Kier alpha value is -2.46. The molecule has 5 heteroatoms. The zero-order chi connectivity index (χ0) is 19.5. The molecule has 0 saturated carbocycles. The zero-order valence-corrected chi connectivity index (χ0v) is 16.5. The van der Waals surface area contributed by atoms with Crippen LogP contribution in [0.1, 0.15) is 0 Å². The van der Waals surface area contributed by atoms with Crippen LogP contribution in [0, 0.1) is 0 Å². The van der Waals surface area contributed by atoms with Crippen LogP contribution in [0.4, 0.5) is 0 Å². The largest absolute Gasteiger partial charge is 0.490 e. The van der Waals surface area contributed by atoms with Gasteiger partial charge in [-0.3, -0.25) is 0 Å². The highest BCUT2D eigenvalue weighted by Gasteiger charge is 2.11. The van der Waals surface area contributed by atoms with E-state index >= 15 is 0 Å². The van der Waals surface area contributed by atoms with E-state index in [4.69, 9.17) is 32.7 Å². The number of aliphatic hydroxyl groups is 1. The van der Waals surface area contributed by atoms with Crippen LogP contribution >= 0.6 is 23.2 Å². The van der Waals surface area contributed by atoms with Crippen molar-refractivity contribution in [2.75, 3.05) is 13.2 Å². The van der Waals surface area contributed by atoms with Crippen LogP contribution in [-0.2, 0) is 0 Å². The van der Waals surface area contributed by atoms with E-state index in [0.717, 1.165) is 21.5 Å². The highest BCUT2D eigenvalue weighted by Crippen LogP contribution is 2.32. The highest BCUT2D eigenvalue weighted by molar-refractivity contribution is 6.36. The van der Waals surface area contributed by atoms with E-state index in [1.807, 2.05) is 60.7 Å². The van der Waals surface area contributed by atoms with Gasteiger partial charge in [0.25, 0.3) is 0 Å². The lowest BCUT2D eigenvalue weighted by Gasteiger charge is -2.16. The number of halogens is 2. The Morgan fingerprint density at radius 2 is 1.00 bits per heavy atom. The average Bonchev–Trinajstić information content (AvgIpc) is 2.73. The topological polar surface area (TPSA) is 38.7 Å². The second-order valence-electron chi connectivity index (χ2n) is 6.46. The fraction of sp³-hybridized carbons (Fsp3) is 0.130. The van der Waals surface area contributed by atoms with Gasteiger partial charge < -0.3 is 14.6 Å². The summed E-state index contributed by atoms with van der Waals surface area (Å²) in [6.07, 6.45) is -0.788. The second-order valence-corrected chi connectivity index (χ2v) is 7.27. The molecule has 3 nitrogen and oxygen atoms in total. The summed E-state index contributed by atoms with van der Waals surface area (Å²) < 4.78 is 11.6. The normalized spacial score (nSPS) is 11.3. The lowest BCUT2D eigenvalue weighted by Crippen LogP contribution is -2.25. The molecule has 0 aliphatic rings. The number of aliphatic hydroxyl groups excluding tert-OH is 1. The Morgan fingerprint density at radius 3 is 1.43 bits per heavy atom. The van der Waals surface area contributed by atoms with Crippen molar-refractivity contribution in [2.45, 2.75) is 6.10 Å². The number of hydrogen-bond donors (Lipinski definition) is 1. The maximum absolute atomic E-state index is 10.3. The molecular formula is C23H18Cl2O3. The predicted octanol–water partition coefficient (Wildman–Crippen LogP) is 6.12. The Balaban J connectivity index is 1.43. The van der Waals surface area contributed by atoms with Crippen LogP contribution in [0.15, 0.2) is 72.8 Å². The van der Waals surface area contributed by atoms with Crippen LogP contribution in [0.2, 0.25) is 10.0 Å². The lowest BCUT2D eigenvalue weighted by atomic mass is 10.1. The zero-order valence-electron chi connectivity index (χ0n) is 14.9. The Bertz CT molecular complexity index is 1040. The van der Waals surface area contributed by atoms with Gasteiger partial charge in [-0.2, -0.15) is 0 Å². The van der Waals surface area contributed by atoms with Crippen molar-refractivity contribution in [3.8, 4) is 11.5 Å². The number of benzene rings is 4. The number of ether oxygens (including phenoxy) is 2. The van der Waals surface area contributed by atoms with E-state index in [9.17, 15) is 5.11 Å². The summed E-state index contributed by atoms with van der Waals surface area (Å²) in [5, 5.41) is 15.3. The number of fused-ring (bicyclic) bond motifs is 2. The van der Waals surface area contributed by atoms with Gasteiger partial charge in [0, 0.05) is 31.6 Å². The van der Waals surface area contributed by atoms with Crippen LogP contribution in [0.25, 0.3) is 21.5 Å². The third kappa shape index (κ3) is 3.88. The Morgan fingerprint density at radius 1 is 0.607 bits per heavy atom. The van der Waals surface area contributed by atoms with E-state index in [2.05, 4.69) is 0 Å². The van der Waals surface area contributed by atoms with Crippen molar-refractivity contribution in [3.63, 3.8) is 0 Å². The monoisotopic (exact) mass is 412 g/mol. The Kier molecular flexibility index (Phi) is 5.58. The molecule has 4 aromatic rings. The summed E-state index contributed by atoms with van der Waals surface area (Å²) in [5.41, 5.74) is 0. The van der Waals surface area contributed by atoms with Gasteiger partial charge in [-0.25, -0.2) is 0 Å². The maximum Gasteiger partial charge on any atom is 0.127 e. The minimum Gasteiger partial charge on any atom is -0.490 e. The standard InChI is InChI=1S/C23H18Cl2O3/c24-20-9-11-22(18-7-3-1-5-16(18)20)27-13-15(26)14-28-23-12-10-21(25)17-6-2-4-8-19(17)23/h1-12,15,26H,13-14H2. The molecule has 1 N–H and O–H groups in total. The van der Waals surface area contributed by atoms with Crippen molar-refractivity contribution < 1.29 is 14.6 Å². The van der Waals surface area contributed by atoms with E-state index in [-0.39, 0.29) is 13.2 Å². The van der Waals surface area contributed by atoms with Gasteiger partial charge >= 0.3 is 0 Å². The second kappa shape index (κ2) is 8.27. The molecule has 4 rings (SSSR count). The molecule has 0 saturated heterocycles. The van der Waals surface area contributed by atoms with Gasteiger partial charge in [-0.1, -0.05) is 71.7 Å². The quantitative estimate of drug-likeness (QED) is 0.414. The van der Waals surface area contributed by atoms with E-state index in [1.54, 1.807) is 12.1 Å². The minimum absolute atomic E-state index is 0.108. The summed E-state index contributed by atoms with van der Waals surface area (Å²) in [6.45, 7) is 0.217. The van der Waals surface area contributed by atoms with E-state index in [0.29, 0.717) is 21.5 Å². The molecule has 0 fully saturated rings. The van der Waals surface area contributed by atoms with Crippen molar-refractivity contribution in [1.29, 1.82) is 0 Å². The van der Waals surface area contributed by atoms with Crippen molar-refractivity contribution >= 4 is 44.7 Å². The van der Waals surface area contributed by atoms with Gasteiger partial charge in [0.05, 0.1) is 0 Å². The van der Waals surface area contributed by atoms with Gasteiger partial charge in [-0.15, -0.1) is 0 Å². The van der Waals surface area contributed by atoms with Crippen LogP contribution in [0.5, 0.6) is 11.5 Å². The first kappa shape index (κ1) is 18.9. The summed E-state index contributed by atoms with van der Waals surface area (Å²) in [5.74, 6) is 1.35. The molecule has 0 aromatic heterocycles. The summed E-state index contributed by atoms with van der Waals surface area (Å²) in [4.78, 5) is 0. The molecule has 0 atom stereocenters. The summed E-state index contributed by atoms with van der Waals surface area (Å²) in [6, 6.07) is 22.7. The third-order valence-electron chi connectivity index (χ3n) is 4.52. The SMILES string of the molecule is OC(COc1ccc(Cl)c2ccccc12)COc1ccc(Cl)c2ccccc12. The third-order valence-corrected chi connectivity index (χ3v) is 5.18. The molecule has 0 spiro atoms. The first-order valence-electron chi connectivity index (χ1n) is 8.91. The first-order chi connectivity index (χ1) is 13.6. The fourth-order valence-corrected chi connectivity index (χ4v) is 3.60. The highest BCUT2D eigenvalue weighted by atomic mass is 35.5. The Labute approximate surface area is 173 Å². The van der Waals surface area contributed by atoms with Gasteiger partial charge in [-0.05, 0) is 24.3 Å². The van der Waals surface area contributed by atoms with Crippen LogP contribution in [-0.4, -0.2) is 24.4 Å². The molecule has 0 aliphatic carbocycles. The predicted molar refractivity (Wildman–Crippen MR) is 115 cm³/mol. The van der Waals surface area contributed by atoms with Crippen LogP contribution in [0.3, 0.4) is 0 Å². The molecular weight excluding hydrogens is 395 g/mol. The molecule has 28 heavy (non-hydrogen) atoms.